The highest BCUT2D eigenvalue weighted by Crippen LogP contribution is 2.08. The molecule has 1 aromatic rings. The third-order valence-corrected chi connectivity index (χ3v) is 2.18. The highest BCUT2D eigenvalue weighted by molar-refractivity contribution is 5.94. The van der Waals surface area contributed by atoms with Gasteiger partial charge in [0.1, 0.15) is 0 Å². The van der Waals surface area contributed by atoms with Crippen LogP contribution in [0.25, 0.3) is 0 Å². The van der Waals surface area contributed by atoms with Crippen LogP contribution >= 0.6 is 0 Å². The predicted octanol–water partition coefficient (Wildman–Crippen LogP) is 0.724. The first-order valence-electron chi connectivity index (χ1n) is 5.54. The molecule has 0 aliphatic carbocycles. The zero-order valence-electron chi connectivity index (χ0n) is 9.82. The summed E-state index contributed by atoms with van der Waals surface area (Å²) in [5.41, 5.74) is 6.51. The van der Waals surface area contributed by atoms with Gasteiger partial charge in [-0.25, -0.2) is 0 Å². The third kappa shape index (κ3) is 4.55. The minimum absolute atomic E-state index is 0.154. The van der Waals surface area contributed by atoms with Crippen molar-refractivity contribution in [3.8, 4) is 0 Å². The molecule has 0 heterocycles. The summed E-state index contributed by atoms with van der Waals surface area (Å²) in [5, 5.41) is 5.76. The first-order valence-corrected chi connectivity index (χ1v) is 5.54. The molecule has 0 aliphatic heterocycles. The molecule has 0 aromatic heterocycles. The van der Waals surface area contributed by atoms with Crippen LogP contribution in [0.3, 0.4) is 0 Å². The minimum atomic E-state index is -0.423. The van der Waals surface area contributed by atoms with Crippen LogP contribution in [-0.4, -0.2) is 24.9 Å². The van der Waals surface area contributed by atoms with E-state index in [4.69, 9.17) is 5.73 Å². The van der Waals surface area contributed by atoms with Crippen LogP contribution in [0.1, 0.15) is 23.7 Å². The second-order valence-electron chi connectivity index (χ2n) is 3.58. The summed E-state index contributed by atoms with van der Waals surface area (Å²) in [5.74, 6) is -0.623. The van der Waals surface area contributed by atoms with Crippen molar-refractivity contribution < 1.29 is 9.59 Å². The minimum Gasteiger partial charge on any atom is -0.385 e. The van der Waals surface area contributed by atoms with E-state index < -0.39 is 5.91 Å². The van der Waals surface area contributed by atoms with Crippen molar-refractivity contribution in [2.45, 2.75) is 13.3 Å². The van der Waals surface area contributed by atoms with E-state index >= 15 is 0 Å². The van der Waals surface area contributed by atoms with Crippen molar-refractivity contribution in [2.24, 2.45) is 5.73 Å². The van der Waals surface area contributed by atoms with Crippen molar-refractivity contribution in [3.05, 3.63) is 29.8 Å². The average Bonchev–Trinajstić information content (AvgIpc) is 2.30. The van der Waals surface area contributed by atoms with Crippen molar-refractivity contribution >= 4 is 17.5 Å². The molecule has 0 aliphatic rings. The van der Waals surface area contributed by atoms with Crippen molar-refractivity contribution in [3.63, 3.8) is 0 Å². The summed E-state index contributed by atoms with van der Waals surface area (Å²) >= 11 is 0. The molecule has 92 valence electrons. The van der Waals surface area contributed by atoms with Crippen LogP contribution < -0.4 is 16.4 Å². The Hall–Kier alpha value is -2.04. The topological polar surface area (TPSA) is 84.2 Å². The summed E-state index contributed by atoms with van der Waals surface area (Å²) in [6.07, 6.45) is 0.154. The van der Waals surface area contributed by atoms with Crippen LogP contribution in [0, 0.1) is 0 Å². The highest BCUT2D eigenvalue weighted by Gasteiger charge is 2.04. The van der Waals surface area contributed by atoms with Crippen molar-refractivity contribution in [2.75, 3.05) is 18.4 Å². The first kappa shape index (κ1) is 13.0. The molecule has 4 N–H and O–H groups in total. The Bertz CT molecular complexity index is 387. The monoisotopic (exact) mass is 235 g/mol. The molecule has 0 saturated heterocycles. The molecule has 1 aromatic carbocycles. The van der Waals surface area contributed by atoms with Gasteiger partial charge in [-0.1, -0.05) is 0 Å². The highest BCUT2D eigenvalue weighted by atomic mass is 16.2. The largest absolute Gasteiger partial charge is 0.385 e. The lowest BCUT2D eigenvalue weighted by Crippen LogP contribution is -2.27. The molecule has 0 atom stereocenters. The number of hydrogen-bond acceptors (Lipinski definition) is 3. The second kappa shape index (κ2) is 6.52. The molecule has 5 heteroatoms. The molecule has 0 bridgehead atoms. The van der Waals surface area contributed by atoms with Gasteiger partial charge in [0, 0.05) is 30.8 Å². The molecule has 2 amide bonds. The summed E-state index contributed by atoms with van der Waals surface area (Å²) in [4.78, 5) is 22.1. The molecule has 0 saturated carbocycles. The van der Waals surface area contributed by atoms with Gasteiger partial charge in [-0.2, -0.15) is 0 Å². The average molecular weight is 235 g/mol. The number of benzene rings is 1. The zero-order chi connectivity index (χ0) is 12.7. The molecule has 0 spiro atoms. The van der Waals surface area contributed by atoms with Gasteiger partial charge in [0.15, 0.2) is 0 Å². The molecule has 0 unspecified atom stereocenters. The Kier molecular flexibility index (Phi) is 5.00. The first-order chi connectivity index (χ1) is 8.13. The van der Waals surface area contributed by atoms with Gasteiger partial charge in [-0.15, -0.1) is 0 Å². The Morgan fingerprint density at radius 2 is 1.88 bits per heavy atom. The number of hydrogen-bond donors (Lipinski definition) is 3. The van der Waals surface area contributed by atoms with E-state index in [2.05, 4.69) is 10.6 Å². The number of carbonyl (C=O) groups excluding carboxylic acids is 2. The fourth-order valence-electron chi connectivity index (χ4n) is 1.34. The summed E-state index contributed by atoms with van der Waals surface area (Å²) in [6.45, 7) is 3.11. The van der Waals surface area contributed by atoms with Gasteiger partial charge in [0.2, 0.25) is 5.91 Å². The van der Waals surface area contributed by atoms with Crippen LogP contribution in [0.2, 0.25) is 0 Å². The summed E-state index contributed by atoms with van der Waals surface area (Å²) < 4.78 is 0. The van der Waals surface area contributed by atoms with Gasteiger partial charge >= 0.3 is 0 Å². The van der Waals surface area contributed by atoms with Crippen LogP contribution in [0.15, 0.2) is 24.3 Å². The van der Waals surface area contributed by atoms with Gasteiger partial charge in [0.25, 0.3) is 5.91 Å². The zero-order valence-corrected chi connectivity index (χ0v) is 9.82. The van der Waals surface area contributed by atoms with E-state index in [1.807, 2.05) is 19.1 Å². The van der Waals surface area contributed by atoms with E-state index in [9.17, 15) is 9.59 Å². The van der Waals surface area contributed by atoms with Gasteiger partial charge in [0.05, 0.1) is 0 Å². The summed E-state index contributed by atoms with van der Waals surface area (Å²) in [6, 6.07) is 7.15. The second-order valence-corrected chi connectivity index (χ2v) is 3.58. The molecule has 1 rings (SSSR count). The smallest absolute Gasteiger partial charge is 0.251 e. The SMILES string of the molecule is CCNc1ccc(C(=O)NCCC(N)=O)cc1. The van der Waals surface area contributed by atoms with Gasteiger partial charge in [-0.3, -0.25) is 9.59 Å². The molecular weight excluding hydrogens is 218 g/mol. The lowest BCUT2D eigenvalue weighted by Gasteiger charge is -2.06. The Morgan fingerprint density at radius 1 is 1.24 bits per heavy atom. The van der Waals surface area contributed by atoms with Crippen molar-refractivity contribution in [1.82, 2.24) is 5.32 Å². The fourth-order valence-corrected chi connectivity index (χ4v) is 1.34. The normalized spacial score (nSPS) is 9.71. The predicted molar refractivity (Wildman–Crippen MR) is 66.8 cm³/mol. The maximum atomic E-state index is 11.6. The van der Waals surface area contributed by atoms with Crippen LogP contribution in [-0.2, 0) is 4.79 Å². The fraction of sp³-hybridized carbons (Fsp3) is 0.333. The number of carbonyl (C=O) groups is 2. The van der Waals surface area contributed by atoms with E-state index in [-0.39, 0.29) is 18.9 Å². The van der Waals surface area contributed by atoms with E-state index in [1.165, 1.54) is 0 Å². The lowest BCUT2D eigenvalue weighted by atomic mass is 10.2. The number of rotatable bonds is 6. The number of amides is 2. The molecular formula is C12H17N3O2. The van der Waals surface area contributed by atoms with E-state index in [0.717, 1.165) is 12.2 Å². The number of nitrogens with one attached hydrogen (secondary N) is 2. The van der Waals surface area contributed by atoms with Gasteiger partial charge < -0.3 is 16.4 Å². The maximum Gasteiger partial charge on any atom is 0.251 e. The summed E-state index contributed by atoms with van der Waals surface area (Å²) in [7, 11) is 0. The number of primary amides is 1. The molecule has 0 radical (unpaired) electrons. The lowest BCUT2D eigenvalue weighted by molar-refractivity contribution is -0.117. The number of nitrogens with two attached hydrogens (primary N) is 1. The van der Waals surface area contributed by atoms with Crippen LogP contribution in [0.5, 0.6) is 0 Å². The Morgan fingerprint density at radius 3 is 2.41 bits per heavy atom. The molecule has 0 fully saturated rings. The van der Waals surface area contributed by atoms with E-state index in [1.54, 1.807) is 12.1 Å². The number of anilines is 1. The van der Waals surface area contributed by atoms with E-state index in [0.29, 0.717) is 5.56 Å². The Balaban J connectivity index is 2.48. The van der Waals surface area contributed by atoms with Crippen molar-refractivity contribution in [1.29, 1.82) is 0 Å². The quantitative estimate of drug-likeness (QED) is 0.679. The molecule has 5 nitrogen and oxygen atoms in total. The third-order valence-electron chi connectivity index (χ3n) is 2.18. The van der Waals surface area contributed by atoms with Gasteiger partial charge in [-0.05, 0) is 31.2 Å². The standard InChI is InChI=1S/C12H17N3O2/c1-2-14-10-5-3-9(4-6-10)12(17)15-8-7-11(13)16/h3-6,14H,2,7-8H2,1H3,(H2,13,16)(H,15,17). The molecule has 17 heavy (non-hydrogen) atoms. The van der Waals surface area contributed by atoms with Crippen LogP contribution in [0.4, 0.5) is 5.69 Å². The Labute approximate surface area is 100 Å². The maximum absolute atomic E-state index is 11.6.